The Labute approximate surface area is 110 Å². The van der Waals surface area contributed by atoms with E-state index in [1.165, 1.54) is 13.0 Å². The number of aryl methyl sites for hydroxylation is 1. The fourth-order valence-electron chi connectivity index (χ4n) is 1.47. The summed E-state index contributed by atoms with van der Waals surface area (Å²) in [6.07, 6.45) is 0.549. The predicted molar refractivity (Wildman–Crippen MR) is 66.0 cm³/mol. The molecule has 0 aliphatic rings. The highest BCUT2D eigenvalue weighted by molar-refractivity contribution is 5.94. The highest BCUT2D eigenvalue weighted by Crippen LogP contribution is 2.13. The highest BCUT2D eigenvalue weighted by Gasteiger charge is 2.13. The second kappa shape index (κ2) is 7.81. The number of carbonyl (C=O) groups is 1. The van der Waals surface area contributed by atoms with Crippen LogP contribution in [-0.4, -0.2) is 37.4 Å². The molecule has 0 saturated carbocycles. The molecule has 0 aliphatic carbocycles. The average molecular weight is 273 g/mol. The van der Waals surface area contributed by atoms with Crippen LogP contribution in [0.25, 0.3) is 0 Å². The summed E-state index contributed by atoms with van der Waals surface area (Å²) in [5, 5.41) is 11.0. The molecule has 1 amide bonds. The molecule has 2 N–H and O–H groups in total. The average Bonchev–Trinajstić information content (AvgIpc) is 2.37. The number of halogens is 2. The second-order valence-corrected chi connectivity index (χ2v) is 4.03. The van der Waals surface area contributed by atoms with Crippen LogP contribution < -0.4 is 5.32 Å². The Hall–Kier alpha value is -1.53. The molecule has 0 fully saturated rings. The number of hydrogen-bond acceptors (Lipinski definition) is 3. The lowest BCUT2D eigenvalue weighted by Crippen LogP contribution is -2.26. The van der Waals surface area contributed by atoms with E-state index >= 15 is 0 Å². The maximum Gasteiger partial charge on any atom is 0.254 e. The van der Waals surface area contributed by atoms with Crippen molar-refractivity contribution < 1.29 is 23.4 Å². The van der Waals surface area contributed by atoms with Crippen LogP contribution in [0, 0.1) is 18.6 Å². The molecule has 0 unspecified atom stereocenters. The minimum absolute atomic E-state index is 0.0492. The molecule has 1 aromatic carbocycles. The zero-order valence-corrected chi connectivity index (χ0v) is 10.7. The number of aliphatic hydroxyl groups is 1. The Morgan fingerprint density at radius 2 is 2.05 bits per heavy atom. The number of amides is 1. The first-order chi connectivity index (χ1) is 9.06. The molecule has 6 heteroatoms. The van der Waals surface area contributed by atoms with Gasteiger partial charge >= 0.3 is 0 Å². The second-order valence-electron chi connectivity index (χ2n) is 4.03. The van der Waals surface area contributed by atoms with E-state index in [0.717, 1.165) is 0 Å². The van der Waals surface area contributed by atoms with E-state index in [-0.39, 0.29) is 24.3 Å². The van der Waals surface area contributed by atoms with Gasteiger partial charge in [-0.05, 0) is 25.0 Å². The number of benzene rings is 1. The molecule has 19 heavy (non-hydrogen) atoms. The molecular formula is C13H17F2NO3. The Morgan fingerprint density at radius 1 is 1.32 bits per heavy atom. The molecule has 0 aliphatic heterocycles. The third-order valence-corrected chi connectivity index (χ3v) is 2.48. The summed E-state index contributed by atoms with van der Waals surface area (Å²) in [6, 6.07) is 1.89. The maximum atomic E-state index is 13.4. The predicted octanol–water partition coefficient (Wildman–Crippen LogP) is 1.40. The lowest BCUT2D eigenvalue weighted by atomic mass is 10.1. The fourth-order valence-corrected chi connectivity index (χ4v) is 1.47. The Kier molecular flexibility index (Phi) is 6.38. The summed E-state index contributed by atoms with van der Waals surface area (Å²) in [4.78, 5) is 11.7. The van der Waals surface area contributed by atoms with Crippen molar-refractivity contribution in [2.24, 2.45) is 0 Å². The van der Waals surface area contributed by atoms with Crippen molar-refractivity contribution in [2.45, 2.75) is 13.3 Å². The summed E-state index contributed by atoms with van der Waals surface area (Å²) in [6.45, 7) is 2.38. The molecule has 0 saturated heterocycles. The zero-order valence-electron chi connectivity index (χ0n) is 10.7. The molecule has 106 valence electrons. The van der Waals surface area contributed by atoms with Crippen LogP contribution in [0.1, 0.15) is 22.3 Å². The zero-order chi connectivity index (χ0) is 14.3. The van der Waals surface area contributed by atoms with Crippen LogP contribution in [0.15, 0.2) is 12.1 Å². The van der Waals surface area contributed by atoms with E-state index in [2.05, 4.69) is 5.32 Å². The van der Waals surface area contributed by atoms with Gasteiger partial charge in [0.25, 0.3) is 5.91 Å². The van der Waals surface area contributed by atoms with Gasteiger partial charge in [-0.15, -0.1) is 0 Å². The van der Waals surface area contributed by atoms with Crippen molar-refractivity contribution in [2.75, 3.05) is 26.4 Å². The summed E-state index contributed by atoms with van der Waals surface area (Å²) < 4.78 is 31.4. The first-order valence-corrected chi connectivity index (χ1v) is 5.98. The van der Waals surface area contributed by atoms with E-state index in [4.69, 9.17) is 9.84 Å². The molecule has 1 rings (SSSR count). The molecule has 0 aromatic heterocycles. The van der Waals surface area contributed by atoms with Crippen molar-refractivity contribution >= 4 is 5.91 Å². The van der Waals surface area contributed by atoms with E-state index in [9.17, 15) is 13.6 Å². The van der Waals surface area contributed by atoms with Crippen LogP contribution in [0.3, 0.4) is 0 Å². The highest BCUT2D eigenvalue weighted by atomic mass is 19.1. The summed E-state index contributed by atoms with van der Waals surface area (Å²) >= 11 is 0. The quantitative estimate of drug-likeness (QED) is 0.738. The van der Waals surface area contributed by atoms with Crippen LogP contribution in [0.4, 0.5) is 8.78 Å². The van der Waals surface area contributed by atoms with Crippen molar-refractivity contribution in [1.82, 2.24) is 5.32 Å². The number of nitrogens with one attached hydrogen (secondary N) is 1. The minimum Gasteiger partial charge on any atom is -0.394 e. The fraction of sp³-hybridized carbons (Fsp3) is 0.462. The van der Waals surface area contributed by atoms with Crippen LogP contribution in [0.2, 0.25) is 0 Å². The largest absolute Gasteiger partial charge is 0.394 e. The minimum atomic E-state index is -0.878. The van der Waals surface area contributed by atoms with Gasteiger partial charge in [0.05, 0.1) is 18.8 Å². The molecule has 0 bridgehead atoms. The monoisotopic (exact) mass is 273 g/mol. The third-order valence-electron chi connectivity index (χ3n) is 2.48. The van der Waals surface area contributed by atoms with Gasteiger partial charge in [0, 0.05) is 19.2 Å². The Bertz CT molecular complexity index is 438. The third kappa shape index (κ3) is 4.92. The standard InChI is InChI=1S/C13H17F2NO3/c1-9-7-10(12(15)8-11(9)14)13(18)16-3-2-5-19-6-4-17/h7-8,17H,2-6H2,1H3,(H,16,18). The number of hydrogen-bond donors (Lipinski definition) is 2. The lowest BCUT2D eigenvalue weighted by molar-refractivity contribution is 0.0866. The number of ether oxygens (including phenoxy) is 1. The summed E-state index contributed by atoms with van der Waals surface area (Å²) in [5.41, 5.74) is 0.0491. The van der Waals surface area contributed by atoms with Gasteiger partial charge in [-0.2, -0.15) is 0 Å². The topological polar surface area (TPSA) is 58.6 Å². The van der Waals surface area contributed by atoms with Crippen LogP contribution >= 0.6 is 0 Å². The van der Waals surface area contributed by atoms with E-state index in [1.807, 2.05) is 0 Å². The number of rotatable bonds is 7. The van der Waals surface area contributed by atoms with Gasteiger partial charge in [-0.3, -0.25) is 4.79 Å². The van der Waals surface area contributed by atoms with Gasteiger partial charge in [-0.1, -0.05) is 0 Å². The van der Waals surface area contributed by atoms with Crippen LogP contribution in [-0.2, 0) is 4.74 Å². The molecule has 0 spiro atoms. The van der Waals surface area contributed by atoms with Gasteiger partial charge in [0.15, 0.2) is 0 Å². The van der Waals surface area contributed by atoms with Crippen LogP contribution in [0.5, 0.6) is 0 Å². The lowest BCUT2D eigenvalue weighted by Gasteiger charge is -2.07. The van der Waals surface area contributed by atoms with E-state index in [0.29, 0.717) is 25.6 Å². The van der Waals surface area contributed by atoms with Gasteiger partial charge in [0.1, 0.15) is 11.6 Å². The van der Waals surface area contributed by atoms with E-state index < -0.39 is 17.5 Å². The summed E-state index contributed by atoms with van der Waals surface area (Å²) in [5.74, 6) is -2.13. The SMILES string of the molecule is Cc1cc(C(=O)NCCCOCCO)c(F)cc1F. The first kappa shape index (κ1) is 15.5. The smallest absolute Gasteiger partial charge is 0.254 e. The van der Waals surface area contributed by atoms with Crippen molar-refractivity contribution in [3.8, 4) is 0 Å². The maximum absolute atomic E-state index is 13.4. The molecular weight excluding hydrogens is 256 g/mol. The number of carbonyl (C=O) groups excluding carboxylic acids is 1. The van der Waals surface area contributed by atoms with Gasteiger partial charge < -0.3 is 15.2 Å². The van der Waals surface area contributed by atoms with Gasteiger partial charge in [-0.25, -0.2) is 8.78 Å². The molecule has 0 heterocycles. The Balaban J connectivity index is 2.43. The number of aliphatic hydroxyl groups excluding tert-OH is 1. The normalized spacial score (nSPS) is 10.5. The Morgan fingerprint density at radius 3 is 2.74 bits per heavy atom. The molecule has 0 atom stereocenters. The van der Waals surface area contributed by atoms with E-state index in [1.54, 1.807) is 0 Å². The van der Waals surface area contributed by atoms with Gasteiger partial charge in [0.2, 0.25) is 0 Å². The molecule has 0 radical (unpaired) electrons. The first-order valence-electron chi connectivity index (χ1n) is 5.98. The summed E-state index contributed by atoms with van der Waals surface area (Å²) in [7, 11) is 0. The van der Waals surface area contributed by atoms with Crippen molar-refractivity contribution in [3.63, 3.8) is 0 Å². The van der Waals surface area contributed by atoms with Crippen molar-refractivity contribution in [3.05, 3.63) is 34.9 Å². The molecule has 1 aromatic rings. The molecule has 4 nitrogen and oxygen atoms in total. The van der Waals surface area contributed by atoms with Crippen molar-refractivity contribution in [1.29, 1.82) is 0 Å².